The van der Waals surface area contributed by atoms with Gasteiger partial charge in [0.25, 0.3) is 0 Å². The number of aromatic nitrogens is 1. The van der Waals surface area contributed by atoms with Crippen LogP contribution in [0.15, 0.2) is 54.9 Å². The van der Waals surface area contributed by atoms with Gasteiger partial charge in [0.2, 0.25) is 5.91 Å². The maximum Gasteiger partial charge on any atom is 0.408 e. The summed E-state index contributed by atoms with van der Waals surface area (Å²) in [4.78, 5) is 28.7. The van der Waals surface area contributed by atoms with Crippen molar-refractivity contribution in [3.63, 3.8) is 0 Å². The molecule has 6 nitrogen and oxygen atoms in total. The van der Waals surface area contributed by atoms with Gasteiger partial charge >= 0.3 is 6.09 Å². The zero-order valence-electron chi connectivity index (χ0n) is 15.4. The molecule has 0 aliphatic carbocycles. The number of carbonyl (C=O) groups is 2. The summed E-state index contributed by atoms with van der Waals surface area (Å²) in [6.45, 7) is 5.70. The summed E-state index contributed by atoms with van der Waals surface area (Å²) >= 11 is 0. The van der Waals surface area contributed by atoms with Gasteiger partial charge in [0.05, 0.1) is 0 Å². The number of rotatable bonds is 6. The van der Waals surface area contributed by atoms with Crippen molar-refractivity contribution in [3.05, 3.63) is 66.0 Å². The van der Waals surface area contributed by atoms with E-state index in [4.69, 9.17) is 4.74 Å². The van der Waals surface area contributed by atoms with Crippen LogP contribution in [0.3, 0.4) is 0 Å². The summed E-state index contributed by atoms with van der Waals surface area (Å²) in [7, 11) is 0. The second-order valence-electron chi connectivity index (χ2n) is 6.96. The lowest BCUT2D eigenvalue weighted by atomic mass is 10.1. The molecule has 1 atom stereocenters. The Morgan fingerprint density at radius 2 is 1.69 bits per heavy atom. The average molecular weight is 355 g/mol. The van der Waals surface area contributed by atoms with E-state index in [2.05, 4.69) is 15.6 Å². The van der Waals surface area contributed by atoms with Crippen molar-refractivity contribution in [2.24, 2.45) is 0 Å². The molecule has 2 N–H and O–H groups in total. The third-order valence-electron chi connectivity index (χ3n) is 3.51. The molecule has 1 aromatic heterocycles. The third-order valence-corrected chi connectivity index (χ3v) is 3.51. The van der Waals surface area contributed by atoms with Gasteiger partial charge in [0.1, 0.15) is 11.6 Å². The van der Waals surface area contributed by atoms with E-state index in [9.17, 15) is 9.59 Å². The Labute approximate surface area is 154 Å². The lowest BCUT2D eigenvalue weighted by molar-refractivity contribution is -0.123. The molecule has 1 unspecified atom stereocenters. The van der Waals surface area contributed by atoms with Crippen LogP contribution in [0.25, 0.3) is 0 Å². The van der Waals surface area contributed by atoms with Gasteiger partial charge in [-0.05, 0) is 44.0 Å². The number of carbonyl (C=O) groups excluding carboxylic acids is 2. The maximum absolute atomic E-state index is 12.6. The van der Waals surface area contributed by atoms with Crippen molar-refractivity contribution in [1.29, 1.82) is 0 Å². The first-order valence-electron chi connectivity index (χ1n) is 8.53. The van der Waals surface area contributed by atoms with Crippen LogP contribution in [0, 0.1) is 0 Å². The normalized spacial score (nSPS) is 12.1. The number of hydrogen-bond acceptors (Lipinski definition) is 4. The predicted octanol–water partition coefficient (Wildman–Crippen LogP) is 2.83. The van der Waals surface area contributed by atoms with E-state index >= 15 is 0 Å². The maximum atomic E-state index is 12.6. The Bertz CT molecular complexity index is 712. The highest BCUT2D eigenvalue weighted by molar-refractivity contribution is 5.86. The number of ether oxygens (including phenoxy) is 1. The Kier molecular flexibility index (Phi) is 6.72. The standard InChI is InChI=1S/C20H25N3O3/c1-20(2,3)26-19(25)23-17(13-15-7-5-4-6-8-15)18(24)22-14-16-9-11-21-12-10-16/h4-12,17H,13-14H2,1-3H3,(H,22,24)(H,23,25). The molecule has 0 fully saturated rings. The number of nitrogens with one attached hydrogen (secondary N) is 2. The highest BCUT2D eigenvalue weighted by Gasteiger charge is 2.24. The van der Waals surface area contributed by atoms with Crippen LogP contribution in [0.2, 0.25) is 0 Å². The summed E-state index contributed by atoms with van der Waals surface area (Å²) < 4.78 is 5.28. The molecule has 2 amide bonds. The lowest BCUT2D eigenvalue weighted by Crippen LogP contribution is -2.49. The second kappa shape index (κ2) is 8.99. The quantitative estimate of drug-likeness (QED) is 0.835. The van der Waals surface area contributed by atoms with Crippen LogP contribution in [0.4, 0.5) is 4.79 Å². The molecule has 0 saturated heterocycles. The fourth-order valence-electron chi connectivity index (χ4n) is 2.32. The third kappa shape index (κ3) is 6.93. The molecule has 0 saturated carbocycles. The molecular weight excluding hydrogens is 330 g/mol. The Morgan fingerprint density at radius 3 is 2.31 bits per heavy atom. The molecule has 0 bridgehead atoms. The summed E-state index contributed by atoms with van der Waals surface area (Å²) in [6, 6.07) is 12.5. The summed E-state index contributed by atoms with van der Waals surface area (Å²) in [5.74, 6) is -0.267. The predicted molar refractivity (Wildman–Crippen MR) is 99.4 cm³/mol. The molecule has 0 aliphatic rings. The van der Waals surface area contributed by atoms with Crippen LogP contribution in [-0.2, 0) is 22.5 Å². The van der Waals surface area contributed by atoms with Crippen LogP contribution in [-0.4, -0.2) is 28.6 Å². The van der Waals surface area contributed by atoms with Crippen LogP contribution in [0.1, 0.15) is 31.9 Å². The van der Waals surface area contributed by atoms with Crippen molar-refractivity contribution in [2.75, 3.05) is 0 Å². The highest BCUT2D eigenvalue weighted by atomic mass is 16.6. The summed E-state index contributed by atoms with van der Waals surface area (Å²) in [6.07, 6.45) is 3.10. The number of alkyl carbamates (subject to hydrolysis) is 1. The van der Waals surface area contributed by atoms with Gasteiger partial charge in [-0.25, -0.2) is 4.79 Å². The van der Waals surface area contributed by atoms with Gasteiger partial charge in [0, 0.05) is 25.4 Å². The molecule has 1 heterocycles. The molecule has 0 aliphatic heterocycles. The number of hydrogen-bond donors (Lipinski definition) is 2. The Morgan fingerprint density at radius 1 is 1.04 bits per heavy atom. The topological polar surface area (TPSA) is 80.3 Å². The fraction of sp³-hybridized carbons (Fsp3) is 0.350. The lowest BCUT2D eigenvalue weighted by Gasteiger charge is -2.23. The van der Waals surface area contributed by atoms with E-state index in [1.165, 1.54) is 0 Å². The zero-order chi connectivity index (χ0) is 19.0. The smallest absolute Gasteiger partial charge is 0.408 e. The van der Waals surface area contributed by atoms with Crippen molar-refractivity contribution in [2.45, 2.75) is 45.4 Å². The molecule has 6 heteroatoms. The molecule has 2 rings (SSSR count). The number of nitrogens with zero attached hydrogens (tertiary/aromatic N) is 1. The van der Waals surface area contributed by atoms with Gasteiger partial charge in [-0.3, -0.25) is 9.78 Å². The number of pyridine rings is 1. The van der Waals surface area contributed by atoms with Crippen molar-refractivity contribution in [1.82, 2.24) is 15.6 Å². The fourth-order valence-corrected chi connectivity index (χ4v) is 2.32. The first kappa shape index (κ1) is 19.4. The molecule has 0 spiro atoms. The minimum Gasteiger partial charge on any atom is -0.444 e. The number of benzene rings is 1. The van der Waals surface area contributed by atoms with E-state index in [-0.39, 0.29) is 5.91 Å². The Balaban J connectivity index is 2.03. The van der Waals surface area contributed by atoms with E-state index in [1.807, 2.05) is 42.5 Å². The molecule has 0 radical (unpaired) electrons. The van der Waals surface area contributed by atoms with E-state index in [0.29, 0.717) is 13.0 Å². The van der Waals surface area contributed by atoms with Gasteiger partial charge in [0.15, 0.2) is 0 Å². The van der Waals surface area contributed by atoms with Gasteiger partial charge < -0.3 is 15.4 Å². The summed E-state index contributed by atoms with van der Waals surface area (Å²) in [5.41, 5.74) is 1.26. The van der Waals surface area contributed by atoms with Crippen LogP contribution >= 0.6 is 0 Å². The first-order chi connectivity index (χ1) is 12.3. The molecular formula is C20H25N3O3. The van der Waals surface area contributed by atoms with E-state index < -0.39 is 17.7 Å². The summed E-state index contributed by atoms with van der Waals surface area (Å²) in [5, 5.41) is 5.52. The van der Waals surface area contributed by atoms with Gasteiger partial charge in [-0.2, -0.15) is 0 Å². The van der Waals surface area contributed by atoms with Gasteiger partial charge in [-0.1, -0.05) is 30.3 Å². The largest absolute Gasteiger partial charge is 0.444 e. The van der Waals surface area contributed by atoms with Crippen molar-refractivity contribution < 1.29 is 14.3 Å². The number of amides is 2. The first-order valence-corrected chi connectivity index (χ1v) is 8.53. The highest BCUT2D eigenvalue weighted by Crippen LogP contribution is 2.09. The second-order valence-corrected chi connectivity index (χ2v) is 6.96. The Hall–Kier alpha value is -2.89. The van der Waals surface area contributed by atoms with E-state index in [1.54, 1.807) is 33.2 Å². The molecule has 1 aromatic carbocycles. The minimum absolute atomic E-state index is 0.267. The monoisotopic (exact) mass is 355 g/mol. The molecule has 138 valence electrons. The van der Waals surface area contributed by atoms with Crippen LogP contribution < -0.4 is 10.6 Å². The average Bonchev–Trinajstić information content (AvgIpc) is 2.59. The van der Waals surface area contributed by atoms with E-state index in [0.717, 1.165) is 11.1 Å². The minimum atomic E-state index is -0.728. The van der Waals surface area contributed by atoms with Crippen molar-refractivity contribution >= 4 is 12.0 Å². The molecule has 26 heavy (non-hydrogen) atoms. The SMILES string of the molecule is CC(C)(C)OC(=O)NC(Cc1ccccc1)C(=O)NCc1ccncc1. The van der Waals surface area contributed by atoms with Crippen molar-refractivity contribution in [3.8, 4) is 0 Å². The van der Waals surface area contributed by atoms with Crippen LogP contribution in [0.5, 0.6) is 0 Å². The van der Waals surface area contributed by atoms with Gasteiger partial charge in [-0.15, -0.1) is 0 Å². The zero-order valence-corrected chi connectivity index (χ0v) is 15.4. The molecule has 2 aromatic rings.